The van der Waals surface area contributed by atoms with E-state index >= 15 is 0 Å². The number of aryl methyl sites for hydroxylation is 2. The van der Waals surface area contributed by atoms with Gasteiger partial charge in [-0.3, -0.25) is 9.48 Å². The second kappa shape index (κ2) is 7.99. The number of aromatic nitrogens is 2. The molecule has 2 heterocycles. The van der Waals surface area contributed by atoms with Crippen LogP contribution in [0.1, 0.15) is 11.4 Å². The van der Waals surface area contributed by atoms with E-state index < -0.39 is 0 Å². The molecule has 0 bridgehead atoms. The van der Waals surface area contributed by atoms with E-state index in [0.29, 0.717) is 19.6 Å². The Morgan fingerprint density at radius 3 is 2.45 bits per heavy atom. The minimum absolute atomic E-state index is 0.108. The first-order chi connectivity index (χ1) is 14.0. The first-order valence-corrected chi connectivity index (χ1v) is 9.93. The minimum atomic E-state index is 0.108. The fourth-order valence-electron chi connectivity index (χ4n) is 3.93. The number of anilines is 1. The maximum absolute atomic E-state index is 12.7. The number of hydrogen-bond donors (Lipinski definition) is 1. The lowest BCUT2D eigenvalue weighted by Gasteiger charge is -2.37. The number of carbonyl (C=O) groups excluding carboxylic acids is 1. The zero-order chi connectivity index (χ0) is 20.4. The molecule has 1 saturated heterocycles. The van der Waals surface area contributed by atoms with Crippen LogP contribution in [-0.4, -0.2) is 51.9 Å². The summed E-state index contributed by atoms with van der Waals surface area (Å²) < 4.78 is 1.78. The van der Waals surface area contributed by atoms with Crippen LogP contribution >= 0.6 is 0 Å². The molecule has 1 aliphatic heterocycles. The van der Waals surface area contributed by atoms with Gasteiger partial charge in [0.25, 0.3) is 0 Å². The number of hydrogen-bond acceptors (Lipinski definition) is 4. The number of nitrogens with zero attached hydrogens (tertiary/aromatic N) is 4. The van der Waals surface area contributed by atoms with Gasteiger partial charge in [-0.05, 0) is 43.7 Å². The van der Waals surface area contributed by atoms with E-state index in [1.807, 2.05) is 49.1 Å². The molecule has 150 valence electrons. The van der Waals surface area contributed by atoms with Crippen LogP contribution in [0.15, 0.2) is 54.6 Å². The average molecular weight is 390 g/mol. The minimum Gasteiger partial charge on any atom is -0.508 e. The van der Waals surface area contributed by atoms with Gasteiger partial charge < -0.3 is 14.9 Å². The Hall–Kier alpha value is -3.28. The second-order valence-corrected chi connectivity index (χ2v) is 7.52. The molecule has 1 aliphatic rings. The smallest absolute Gasteiger partial charge is 0.244 e. The first-order valence-electron chi connectivity index (χ1n) is 9.93. The van der Waals surface area contributed by atoms with Crippen LogP contribution < -0.4 is 4.90 Å². The molecular formula is C23H26N4O2. The van der Waals surface area contributed by atoms with E-state index in [0.717, 1.165) is 41.3 Å². The van der Waals surface area contributed by atoms with E-state index in [1.165, 1.54) is 0 Å². The molecule has 2 aromatic carbocycles. The van der Waals surface area contributed by atoms with Crippen LogP contribution in [0.25, 0.3) is 11.1 Å². The number of phenols is 1. The molecular weight excluding hydrogens is 364 g/mol. The topological polar surface area (TPSA) is 61.6 Å². The lowest BCUT2D eigenvalue weighted by atomic mass is 10.0. The predicted molar refractivity (Wildman–Crippen MR) is 114 cm³/mol. The summed E-state index contributed by atoms with van der Waals surface area (Å²) in [5, 5.41) is 14.2. The Morgan fingerprint density at radius 2 is 1.76 bits per heavy atom. The molecule has 4 rings (SSSR count). The number of benzene rings is 2. The zero-order valence-electron chi connectivity index (χ0n) is 16.9. The SMILES string of the molecule is Cc1cc(C)n(CC(=O)N2CCN(c3ccccc3-c3cccc(O)c3)CC2)n1. The van der Waals surface area contributed by atoms with Gasteiger partial charge >= 0.3 is 0 Å². The summed E-state index contributed by atoms with van der Waals surface area (Å²) in [6.07, 6.45) is 0. The third kappa shape index (κ3) is 4.11. The molecule has 0 unspecified atom stereocenters. The molecule has 1 fully saturated rings. The van der Waals surface area contributed by atoms with Crippen molar-refractivity contribution in [2.75, 3.05) is 31.1 Å². The van der Waals surface area contributed by atoms with Gasteiger partial charge in [0.15, 0.2) is 0 Å². The van der Waals surface area contributed by atoms with Crippen molar-refractivity contribution in [1.29, 1.82) is 0 Å². The molecule has 0 aliphatic carbocycles. The van der Waals surface area contributed by atoms with Crippen LogP contribution in [0.2, 0.25) is 0 Å². The van der Waals surface area contributed by atoms with Gasteiger partial charge in [-0.25, -0.2) is 0 Å². The van der Waals surface area contributed by atoms with Crippen LogP contribution in [0, 0.1) is 13.8 Å². The predicted octanol–water partition coefficient (Wildman–Crippen LogP) is 3.22. The van der Waals surface area contributed by atoms with Gasteiger partial charge in [-0.15, -0.1) is 0 Å². The molecule has 1 amide bonds. The van der Waals surface area contributed by atoms with Gasteiger partial charge in [0.1, 0.15) is 12.3 Å². The fraction of sp³-hybridized carbons (Fsp3) is 0.304. The third-order valence-electron chi connectivity index (χ3n) is 5.42. The first kappa shape index (κ1) is 19.1. The molecule has 1 N–H and O–H groups in total. The van der Waals surface area contributed by atoms with Crippen molar-refractivity contribution in [1.82, 2.24) is 14.7 Å². The Morgan fingerprint density at radius 1 is 1.00 bits per heavy atom. The highest BCUT2D eigenvalue weighted by Gasteiger charge is 2.23. The van der Waals surface area contributed by atoms with Crippen molar-refractivity contribution >= 4 is 11.6 Å². The van der Waals surface area contributed by atoms with E-state index in [4.69, 9.17) is 0 Å². The third-order valence-corrected chi connectivity index (χ3v) is 5.42. The lowest BCUT2D eigenvalue weighted by Crippen LogP contribution is -2.49. The van der Waals surface area contributed by atoms with Gasteiger partial charge in [0.05, 0.1) is 5.69 Å². The maximum Gasteiger partial charge on any atom is 0.244 e. The van der Waals surface area contributed by atoms with E-state index in [2.05, 4.69) is 22.1 Å². The second-order valence-electron chi connectivity index (χ2n) is 7.52. The van der Waals surface area contributed by atoms with Crippen molar-refractivity contribution in [3.8, 4) is 16.9 Å². The summed E-state index contributed by atoms with van der Waals surface area (Å²) in [6.45, 7) is 7.14. The van der Waals surface area contributed by atoms with Gasteiger partial charge in [-0.1, -0.05) is 30.3 Å². The van der Waals surface area contributed by atoms with Crippen LogP contribution in [0.5, 0.6) is 5.75 Å². The summed E-state index contributed by atoms with van der Waals surface area (Å²) in [6, 6.07) is 17.5. The monoisotopic (exact) mass is 390 g/mol. The Labute approximate surface area is 171 Å². The highest BCUT2D eigenvalue weighted by atomic mass is 16.3. The number of piperazine rings is 1. The number of para-hydroxylation sites is 1. The molecule has 3 aromatic rings. The molecule has 6 heteroatoms. The Balaban J connectivity index is 1.45. The standard InChI is InChI=1S/C23H26N4O2/c1-17-14-18(2)27(24-17)16-23(29)26-12-10-25(11-13-26)22-9-4-3-8-21(22)19-6-5-7-20(28)15-19/h3-9,14-15,28H,10-13,16H2,1-2H3. The summed E-state index contributed by atoms with van der Waals surface area (Å²) in [5.74, 6) is 0.369. The van der Waals surface area contributed by atoms with Crippen molar-refractivity contribution in [2.45, 2.75) is 20.4 Å². The molecule has 1 aromatic heterocycles. The average Bonchev–Trinajstić information content (AvgIpc) is 3.04. The quantitative estimate of drug-likeness (QED) is 0.743. The molecule has 0 spiro atoms. The van der Waals surface area contributed by atoms with E-state index in [-0.39, 0.29) is 11.7 Å². The van der Waals surface area contributed by atoms with Crippen molar-refractivity contribution in [2.24, 2.45) is 0 Å². The van der Waals surface area contributed by atoms with Crippen molar-refractivity contribution in [3.05, 3.63) is 66.0 Å². The molecule has 0 saturated carbocycles. The van der Waals surface area contributed by atoms with Gasteiger partial charge in [0, 0.05) is 43.1 Å². The summed E-state index contributed by atoms with van der Waals surface area (Å²) in [4.78, 5) is 16.9. The molecule has 0 radical (unpaired) electrons. The lowest BCUT2D eigenvalue weighted by molar-refractivity contribution is -0.132. The summed E-state index contributed by atoms with van der Waals surface area (Å²) in [5.41, 5.74) is 5.15. The maximum atomic E-state index is 12.7. The largest absolute Gasteiger partial charge is 0.508 e. The van der Waals surface area contributed by atoms with Crippen molar-refractivity contribution < 1.29 is 9.90 Å². The Bertz CT molecular complexity index is 1020. The normalized spacial score (nSPS) is 14.3. The highest BCUT2D eigenvalue weighted by molar-refractivity contribution is 5.80. The number of rotatable bonds is 4. The van der Waals surface area contributed by atoms with Crippen molar-refractivity contribution in [3.63, 3.8) is 0 Å². The number of aromatic hydroxyl groups is 1. The van der Waals surface area contributed by atoms with Crippen LogP contribution in [0.3, 0.4) is 0 Å². The zero-order valence-corrected chi connectivity index (χ0v) is 16.9. The fourth-order valence-corrected chi connectivity index (χ4v) is 3.93. The van der Waals surface area contributed by atoms with Crippen LogP contribution in [0.4, 0.5) is 5.69 Å². The number of amides is 1. The molecule has 6 nitrogen and oxygen atoms in total. The number of carbonyl (C=O) groups is 1. The molecule has 0 atom stereocenters. The summed E-state index contributed by atoms with van der Waals surface area (Å²) >= 11 is 0. The molecule has 29 heavy (non-hydrogen) atoms. The number of phenolic OH excluding ortho intramolecular Hbond substituents is 1. The van der Waals surface area contributed by atoms with Crippen LogP contribution in [-0.2, 0) is 11.3 Å². The summed E-state index contributed by atoms with van der Waals surface area (Å²) in [7, 11) is 0. The highest BCUT2D eigenvalue weighted by Crippen LogP contribution is 2.32. The Kier molecular flexibility index (Phi) is 5.25. The van der Waals surface area contributed by atoms with Gasteiger partial charge in [-0.2, -0.15) is 5.10 Å². The van der Waals surface area contributed by atoms with E-state index in [9.17, 15) is 9.90 Å². The van der Waals surface area contributed by atoms with Gasteiger partial charge in [0.2, 0.25) is 5.91 Å². The van der Waals surface area contributed by atoms with E-state index in [1.54, 1.807) is 16.8 Å².